The summed E-state index contributed by atoms with van der Waals surface area (Å²) in [6.07, 6.45) is 0. The molecule has 0 aliphatic rings. The Bertz CT molecular complexity index is 762. The largest absolute Gasteiger partial charge is 1.00 e. The quantitative estimate of drug-likeness (QED) is 0.238. The minimum Gasteiger partial charge on any atom is -1.00 e. The van der Waals surface area contributed by atoms with Crippen molar-refractivity contribution in [1.29, 1.82) is 0 Å². The van der Waals surface area contributed by atoms with Crippen molar-refractivity contribution in [2.75, 3.05) is 63.4 Å². The summed E-state index contributed by atoms with van der Waals surface area (Å²) in [5, 5.41) is 0. The molecule has 0 aromatic heterocycles. The normalized spacial score (nSPS) is 10.6. The Morgan fingerprint density at radius 3 is 0.639 bits per heavy atom. The van der Waals surface area contributed by atoms with E-state index >= 15 is 0 Å². The molecule has 3 rings (SSSR count). The molecule has 0 fully saturated rings. The fraction of sp³-hybridized carbons (Fsp3) is 0.400. The molecular formula is C30H48Br3N3. The third kappa shape index (κ3) is 23.4. The van der Waals surface area contributed by atoms with Gasteiger partial charge in [-0.2, -0.15) is 0 Å². The van der Waals surface area contributed by atoms with Gasteiger partial charge in [0.15, 0.2) is 0 Å². The summed E-state index contributed by atoms with van der Waals surface area (Å²) in [4.78, 5) is 0. The fourth-order valence-corrected chi connectivity index (χ4v) is 3.39. The van der Waals surface area contributed by atoms with Crippen molar-refractivity contribution in [2.24, 2.45) is 0 Å². The third-order valence-corrected chi connectivity index (χ3v) is 4.50. The molecule has 3 aromatic carbocycles. The van der Waals surface area contributed by atoms with Crippen LogP contribution in [-0.2, 0) is 19.6 Å². The summed E-state index contributed by atoms with van der Waals surface area (Å²) in [5.41, 5.74) is 4.21. The van der Waals surface area contributed by atoms with Crippen LogP contribution in [0.4, 0.5) is 0 Å². The predicted octanol–water partition coefficient (Wildman–Crippen LogP) is -3.31. The fourth-order valence-electron chi connectivity index (χ4n) is 3.39. The molecule has 3 aromatic rings. The maximum absolute atomic E-state index is 2.20. The molecule has 0 bridgehead atoms. The van der Waals surface area contributed by atoms with Crippen LogP contribution in [0, 0.1) is 0 Å². The first-order valence-corrected chi connectivity index (χ1v) is 11.8. The highest BCUT2D eigenvalue weighted by molar-refractivity contribution is 5.14. The van der Waals surface area contributed by atoms with Gasteiger partial charge in [-0.3, -0.25) is 0 Å². The maximum atomic E-state index is 2.20. The molecule has 0 aliphatic heterocycles. The summed E-state index contributed by atoms with van der Waals surface area (Å²) >= 11 is 0. The van der Waals surface area contributed by atoms with Gasteiger partial charge < -0.3 is 64.4 Å². The number of hydrogen-bond donors (Lipinski definition) is 0. The Kier molecular flexibility index (Phi) is 21.0. The Morgan fingerprint density at radius 2 is 0.500 bits per heavy atom. The number of halogens is 3. The molecular weight excluding hydrogens is 642 g/mol. The summed E-state index contributed by atoms with van der Waals surface area (Å²) in [5.74, 6) is 0. The Labute approximate surface area is 253 Å². The monoisotopic (exact) mass is 687 g/mol. The first-order chi connectivity index (χ1) is 15.2. The lowest BCUT2D eigenvalue weighted by Gasteiger charge is -2.23. The van der Waals surface area contributed by atoms with Crippen molar-refractivity contribution < 1.29 is 64.4 Å². The van der Waals surface area contributed by atoms with Gasteiger partial charge in [-0.05, 0) is 0 Å². The molecule has 6 heteroatoms. The van der Waals surface area contributed by atoms with E-state index in [9.17, 15) is 0 Å². The summed E-state index contributed by atoms with van der Waals surface area (Å²) in [7, 11) is 19.8. The molecule has 0 atom stereocenters. The number of benzene rings is 3. The van der Waals surface area contributed by atoms with Gasteiger partial charge in [-0.15, -0.1) is 0 Å². The lowest BCUT2D eigenvalue weighted by atomic mass is 10.2. The van der Waals surface area contributed by atoms with Crippen molar-refractivity contribution in [3.8, 4) is 0 Å². The van der Waals surface area contributed by atoms with E-state index in [4.69, 9.17) is 0 Å². The summed E-state index contributed by atoms with van der Waals surface area (Å²) in [6.45, 7) is 3.29. The van der Waals surface area contributed by atoms with E-state index in [1.807, 2.05) is 0 Å². The lowest BCUT2D eigenvalue weighted by Crippen LogP contribution is -3.00. The number of hydrogen-bond acceptors (Lipinski definition) is 0. The molecule has 0 radical (unpaired) electrons. The summed E-state index contributed by atoms with van der Waals surface area (Å²) < 4.78 is 2.97. The van der Waals surface area contributed by atoms with Crippen molar-refractivity contribution in [3.05, 3.63) is 108 Å². The molecule has 0 N–H and O–H groups in total. The smallest absolute Gasteiger partial charge is 0.104 e. The first-order valence-electron chi connectivity index (χ1n) is 11.8. The highest BCUT2D eigenvalue weighted by Crippen LogP contribution is 2.06. The Hall–Kier alpha value is -1.02. The highest BCUT2D eigenvalue weighted by Gasteiger charge is 2.08. The van der Waals surface area contributed by atoms with Gasteiger partial charge in [0.2, 0.25) is 0 Å². The van der Waals surface area contributed by atoms with Crippen molar-refractivity contribution in [3.63, 3.8) is 0 Å². The lowest BCUT2D eigenvalue weighted by molar-refractivity contribution is -0.884. The van der Waals surface area contributed by atoms with E-state index in [0.29, 0.717) is 0 Å². The average Bonchev–Trinajstić information content (AvgIpc) is 2.67. The van der Waals surface area contributed by atoms with E-state index in [1.165, 1.54) is 16.7 Å². The first kappa shape index (κ1) is 39.5. The highest BCUT2D eigenvalue weighted by atomic mass is 79.9. The number of quaternary nitrogens is 3. The van der Waals surface area contributed by atoms with E-state index < -0.39 is 0 Å². The molecule has 0 heterocycles. The molecule has 0 amide bonds. The van der Waals surface area contributed by atoms with E-state index in [0.717, 1.165) is 33.1 Å². The van der Waals surface area contributed by atoms with Gasteiger partial charge >= 0.3 is 0 Å². The topological polar surface area (TPSA) is 0 Å². The van der Waals surface area contributed by atoms with Gasteiger partial charge in [0.25, 0.3) is 0 Å². The SMILES string of the molecule is C[N+](C)(C)Cc1ccccc1.C[N+](C)(C)Cc1ccccc1.C[N+](C)(C)Cc1ccccc1.[Br-].[Br-].[Br-]. The van der Waals surface area contributed by atoms with Crippen molar-refractivity contribution in [2.45, 2.75) is 19.6 Å². The predicted molar refractivity (Wildman–Crippen MR) is 145 cm³/mol. The zero-order valence-corrected chi connectivity index (χ0v) is 28.5. The van der Waals surface area contributed by atoms with Gasteiger partial charge in [0.1, 0.15) is 19.6 Å². The second-order valence-electron chi connectivity index (χ2n) is 11.8. The van der Waals surface area contributed by atoms with E-state index in [1.54, 1.807) is 0 Å². The zero-order chi connectivity index (χ0) is 25.0. The molecule has 0 unspecified atom stereocenters. The zero-order valence-electron chi connectivity index (χ0n) is 23.8. The van der Waals surface area contributed by atoms with Gasteiger partial charge in [0.05, 0.1) is 63.4 Å². The van der Waals surface area contributed by atoms with Crippen LogP contribution in [0.3, 0.4) is 0 Å². The average molecular weight is 690 g/mol. The molecule has 204 valence electrons. The van der Waals surface area contributed by atoms with Gasteiger partial charge in [-0.25, -0.2) is 0 Å². The van der Waals surface area contributed by atoms with Crippen molar-refractivity contribution in [1.82, 2.24) is 0 Å². The van der Waals surface area contributed by atoms with Gasteiger partial charge in [-0.1, -0.05) is 91.0 Å². The van der Waals surface area contributed by atoms with Crippen LogP contribution in [0.2, 0.25) is 0 Å². The van der Waals surface area contributed by atoms with E-state index in [-0.39, 0.29) is 50.9 Å². The molecule has 3 nitrogen and oxygen atoms in total. The van der Waals surface area contributed by atoms with Crippen LogP contribution in [0.15, 0.2) is 91.0 Å². The maximum Gasteiger partial charge on any atom is 0.104 e. The van der Waals surface area contributed by atoms with Crippen LogP contribution < -0.4 is 50.9 Å². The van der Waals surface area contributed by atoms with Crippen LogP contribution >= 0.6 is 0 Å². The minimum atomic E-state index is 0. The van der Waals surface area contributed by atoms with Crippen molar-refractivity contribution >= 4 is 0 Å². The second kappa shape index (κ2) is 19.1. The molecule has 0 aliphatic carbocycles. The van der Waals surface area contributed by atoms with Crippen LogP contribution in [0.5, 0.6) is 0 Å². The molecule has 0 spiro atoms. The Morgan fingerprint density at radius 1 is 0.333 bits per heavy atom. The number of rotatable bonds is 6. The third-order valence-electron chi connectivity index (χ3n) is 4.50. The summed E-state index contributed by atoms with van der Waals surface area (Å²) in [6, 6.07) is 31.7. The number of nitrogens with zero attached hydrogens (tertiary/aromatic N) is 3. The molecule has 0 saturated carbocycles. The Balaban J connectivity index is -0.000000436. The second-order valence-corrected chi connectivity index (χ2v) is 11.8. The molecule has 36 heavy (non-hydrogen) atoms. The minimum absolute atomic E-state index is 0. The molecule has 0 saturated heterocycles. The van der Waals surface area contributed by atoms with Crippen LogP contribution in [0.1, 0.15) is 16.7 Å². The van der Waals surface area contributed by atoms with Gasteiger partial charge in [0, 0.05) is 16.7 Å². The van der Waals surface area contributed by atoms with E-state index in [2.05, 4.69) is 154 Å². The van der Waals surface area contributed by atoms with Crippen LogP contribution in [-0.4, -0.2) is 76.9 Å². The van der Waals surface area contributed by atoms with Crippen LogP contribution in [0.25, 0.3) is 0 Å². The standard InChI is InChI=1S/3C10H16N.3BrH/c3*1-11(2,3)9-10-7-5-4-6-8-10;;;/h3*4-8H,9H2,1-3H3;3*1H/q3*+1;;;/p-3.